The molecule has 6 heteroatoms. The summed E-state index contributed by atoms with van der Waals surface area (Å²) < 4.78 is 0. The Hall–Kier alpha value is -1.26. The standard InChI is InChI=1S/C14H15Cl2NO3/c1-14(13(19)20,17-12(18)8-3-2-4-8)9-5-6-10(15)11(16)7-9/h5-8H,2-4H2,1H3,(H,17,18)(H,19,20). The molecule has 1 aliphatic carbocycles. The van der Waals surface area contributed by atoms with Crippen molar-refractivity contribution in [2.45, 2.75) is 31.7 Å². The molecule has 0 saturated heterocycles. The van der Waals surface area contributed by atoms with Crippen LogP contribution in [0, 0.1) is 5.92 Å². The van der Waals surface area contributed by atoms with Gasteiger partial charge in [-0.15, -0.1) is 0 Å². The third kappa shape index (κ3) is 2.76. The van der Waals surface area contributed by atoms with E-state index in [9.17, 15) is 14.7 Å². The van der Waals surface area contributed by atoms with Gasteiger partial charge in [-0.1, -0.05) is 35.7 Å². The lowest BCUT2D eigenvalue weighted by atomic mass is 9.83. The zero-order valence-electron chi connectivity index (χ0n) is 11.0. The smallest absolute Gasteiger partial charge is 0.333 e. The van der Waals surface area contributed by atoms with Crippen molar-refractivity contribution in [3.63, 3.8) is 0 Å². The third-order valence-electron chi connectivity index (χ3n) is 3.77. The Morgan fingerprint density at radius 2 is 1.95 bits per heavy atom. The molecule has 1 amide bonds. The Labute approximate surface area is 127 Å². The number of benzene rings is 1. The van der Waals surface area contributed by atoms with Crippen LogP contribution >= 0.6 is 23.2 Å². The molecule has 1 aliphatic rings. The van der Waals surface area contributed by atoms with Crippen LogP contribution in [0.5, 0.6) is 0 Å². The van der Waals surface area contributed by atoms with Gasteiger partial charge in [0.1, 0.15) is 0 Å². The molecular weight excluding hydrogens is 301 g/mol. The summed E-state index contributed by atoms with van der Waals surface area (Å²) >= 11 is 11.8. The van der Waals surface area contributed by atoms with Crippen LogP contribution in [0.1, 0.15) is 31.7 Å². The molecule has 0 aliphatic heterocycles. The number of hydrogen-bond donors (Lipinski definition) is 2. The molecule has 1 unspecified atom stereocenters. The first-order valence-electron chi connectivity index (χ1n) is 6.35. The van der Waals surface area contributed by atoms with Gasteiger partial charge in [0, 0.05) is 5.92 Å². The summed E-state index contributed by atoms with van der Waals surface area (Å²) in [6.07, 6.45) is 2.63. The van der Waals surface area contributed by atoms with E-state index in [1.54, 1.807) is 6.07 Å². The Morgan fingerprint density at radius 3 is 2.40 bits per heavy atom. The SMILES string of the molecule is CC(NC(=O)C1CCC1)(C(=O)O)c1ccc(Cl)c(Cl)c1. The Bertz CT molecular complexity index is 557. The van der Waals surface area contributed by atoms with E-state index in [-0.39, 0.29) is 16.8 Å². The molecule has 2 N–H and O–H groups in total. The molecule has 1 saturated carbocycles. The summed E-state index contributed by atoms with van der Waals surface area (Å²) in [6.45, 7) is 1.45. The average molecular weight is 316 g/mol. The minimum Gasteiger partial charge on any atom is -0.479 e. The average Bonchev–Trinajstić information content (AvgIpc) is 2.29. The van der Waals surface area contributed by atoms with Gasteiger partial charge < -0.3 is 10.4 Å². The highest BCUT2D eigenvalue weighted by molar-refractivity contribution is 6.42. The summed E-state index contributed by atoms with van der Waals surface area (Å²) in [5.41, 5.74) is -1.12. The van der Waals surface area contributed by atoms with Crippen molar-refractivity contribution < 1.29 is 14.7 Å². The zero-order chi connectivity index (χ0) is 14.9. The molecule has 0 aromatic heterocycles. The van der Waals surface area contributed by atoms with Crippen LogP contribution in [0.2, 0.25) is 10.0 Å². The van der Waals surface area contributed by atoms with E-state index in [2.05, 4.69) is 5.32 Å². The first-order chi connectivity index (χ1) is 9.34. The van der Waals surface area contributed by atoms with Gasteiger partial charge in [-0.05, 0) is 37.5 Å². The summed E-state index contributed by atoms with van der Waals surface area (Å²) in [4.78, 5) is 23.6. The summed E-state index contributed by atoms with van der Waals surface area (Å²) in [6, 6.07) is 4.55. The molecule has 1 atom stereocenters. The van der Waals surface area contributed by atoms with E-state index in [1.165, 1.54) is 19.1 Å². The Morgan fingerprint density at radius 1 is 1.30 bits per heavy atom. The van der Waals surface area contributed by atoms with Gasteiger partial charge in [0.05, 0.1) is 10.0 Å². The fourth-order valence-corrected chi connectivity index (χ4v) is 2.37. The van der Waals surface area contributed by atoms with Crippen LogP contribution in [0.3, 0.4) is 0 Å². The van der Waals surface area contributed by atoms with E-state index >= 15 is 0 Å². The predicted molar refractivity (Wildman–Crippen MR) is 76.9 cm³/mol. The molecular formula is C14H15Cl2NO3. The van der Waals surface area contributed by atoms with E-state index in [0.29, 0.717) is 10.6 Å². The monoisotopic (exact) mass is 315 g/mol. The number of carboxylic acid groups (broad SMARTS) is 1. The summed E-state index contributed by atoms with van der Waals surface area (Å²) in [5, 5.41) is 12.7. The summed E-state index contributed by atoms with van der Waals surface area (Å²) in [7, 11) is 0. The van der Waals surface area contributed by atoms with Crippen LogP contribution in [-0.2, 0) is 15.1 Å². The number of halogens is 2. The number of nitrogens with one attached hydrogen (secondary N) is 1. The first-order valence-corrected chi connectivity index (χ1v) is 7.11. The van der Waals surface area contributed by atoms with Crippen LogP contribution in [0.25, 0.3) is 0 Å². The lowest BCUT2D eigenvalue weighted by Gasteiger charge is -2.32. The molecule has 2 rings (SSSR count). The van der Waals surface area contributed by atoms with Crippen molar-refractivity contribution in [3.8, 4) is 0 Å². The number of carboxylic acids is 1. The van der Waals surface area contributed by atoms with Gasteiger partial charge >= 0.3 is 5.97 Å². The van der Waals surface area contributed by atoms with Crippen molar-refractivity contribution >= 4 is 35.1 Å². The lowest BCUT2D eigenvalue weighted by molar-refractivity contribution is -0.148. The van der Waals surface area contributed by atoms with Gasteiger partial charge in [-0.3, -0.25) is 4.79 Å². The Balaban J connectivity index is 2.30. The highest BCUT2D eigenvalue weighted by Gasteiger charge is 2.39. The van der Waals surface area contributed by atoms with Crippen molar-refractivity contribution in [1.82, 2.24) is 5.32 Å². The van der Waals surface area contributed by atoms with Crippen LogP contribution in [0.4, 0.5) is 0 Å². The number of aliphatic carboxylic acids is 1. The molecule has 1 aromatic rings. The van der Waals surface area contributed by atoms with E-state index in [0.717, 1.165) is 19.3 Å². The molecule has 20 heavy (non-hydrogen) atoms. The minimum absolute atomic E-state index is 0.0866. The van der Waals surface area contributed by atoms with E-state index < -0.39 is 11.5 Å². The molecule has 0 bridgehead atoms. The van der Waals surface area contributed by atoms with Crippen molar-refractivity contribution in [2.24, 2.45) is 5.92 Å². The Kier molecular flexibility index (Phi) is 4.25. The maximum Gasteiger partial charge on any atom is 0.333 e. The van der Waals surface area contributed by atoms with Gasteiger partial charge in [0.15, 0.2) is 5.54 Å². The van der Waals surface area contributed by atoms with Crippen LogP contribution < -0.4 is 5.32 Å². The van der Waals surface area contributed by atoms with Crippen LogP contribution in [-0.4, -0.2) is 17.0 Å². The van der Waals surface area contributed by atoms with E-state index in [4.69, 9.17) is 23.2 Å². The number of carbonyl (C=O) groups excluding carboxylic acids is 1. The predicted octanol–water partition coefficient (Wildman–Crippen LogP) is 3.21. The maximum atomic E-state index is 12.0. The number of hydrogen-bond acceptors (Lipinski definition) is 2. The highest BCUT2D eigenvalue weighted by atomic mass is 35.5. The molecule has 0 spiro atoms. The highest BCUT2D eigenvalue weighted by Crippen LogP contribution is 2.31. The maximum absolute atomic E-state index is 12.0. The number of amides is 1. The molecule has 108 valence electrons. The van der Waals surface area contributed by atoms with Crippen molar-refractivity contribution in [3.05, 3.63) is 33.8 Å². The lowest BCUT2D eigenvalue weighted by Crippen LogP contribution is -2.52. The second-order valence-electron chi connectivity index (χ2n) is 5.18. The van der Waals surface area contributed by atoms with Crippen molar-refractivity contribution in [2.75, 3.05) is 0 Å². The van der Waals surface area contributed by atoms with E-state index in [1.807, 2.05) is 0 Å². The normalized spacial score (nSPS) is 17.9. The second kappa shape index (κ2) is 5.62. The first kappa shape index (κ1) is 15.1. The molecule has 1 fully saturated rings. The number of rotatable bonds is 4. The topological polar surface area (TPSA) is 66.4 Å². The molecule has 0 heterocycles. The van der Waals surface area contributed by atoms with Gasteiger partial charge in [0.25, 0.3) is 0 Å². The minimum atomic E-state index is -1.51. The quantitative estimate of drug-likeness (QED) is 0.896. The molecule has 4 nitrogen and oxygen atoms in total. The van der Waals surface area contributed by atoms with Crippen molar-refractivity contribution in [1.29, 1.82) is 0 Å². The molecule has 1 aromatic carbocycles. The third-order valence-corrected chi connectivity index (χ3v) is 4.51. The van der Waals surface area contributed by atoms with Gasteiger partial charge in [-0.25, -0.2) is 4.79 Å². The van der Waals surface area contributed by atoms with Gasteiger partial charge in [0.2, 0.25) is 5.91 Å². The number of carbonyl (C=O) groups is 2. The summed E-state index contributed by atoms with van der Waals surface area (Å²) in [5.74, 6) is -1.45. The fourth-order valence-electron chi connectivity index (χ4n) is 2.08. The fraction of sp³-hybridized carbons (Fsp3) is 0.429. The molecule has 0 radical (unpaired) electrons. The zero-order valence-corrected chi connectivity index (χ0v) is 12.5. The largest absolute Gasteiger partial charge is 0.479 e. The second-order valence-corrected chi connectivity index (χ2v) is 5.99. The van der Waals surface area contributed by atoms with Gasteiger partial charge in [-0.2, -0.15) is 0 Å². The van der Waals surface area contributed by atoms with Crippen LogP contribution in [0.15, 0.2) is 18.2 Å².